The summed E-state index contributed by atoms with van der Waals surface area (Å²) in [5.41, 5.74) is 7.82. The number of amidine groups is 1. The van der Waals surface area contributed by atoms with Gasteiger partial charge in [-0.25, -0.2) is 4.99 Å². The number of benzene rings is 1. The number of nitrogens with two attached hydrogens (primary N) is 1. The van der Waals surface area contributed by atoms with Crippen molar-refractivity contribution in [3.05, 3.63) is 34.9 Å². The van der Waals surface area contributed by atoms with Crippen LogP contribution in [0.4, 0.5) is 5.69 Å². The van der Waals surface area contributed by atoms with E-state index in [4.69, 9.17) is 22.4 Å². The summed E-state index contributed by atoms with van der Waals surface area (Å²) in [5, 5.41) is 9.42. The smallest absolute Gasteiger partial charge is 0.307 e. The lowest BCUT2D eigenvalue weighted by Gasteiger charge is -2.07. The quantitative estimate of drug-likeness (QED) is 0.847. The second-order valence-electron chi connectivity index (χ2n) is 3.77. The molecule has 0 unspecified atom stereocenters. The molecule has 0 bridgehead atoms. The molecule has 1 aromatic rings. The van der Waals surface area contributed by atoms with E-state index in [1.807, 2.05) is 0 Å². The molecule has 1 aliphatic heterocycles. The SMILES string of the molecule is NC1=Nc2cc(Cl)ccc2C(CC(=O)O)=CC1. The number of hydrogen-bond donors (Lipinski definition) is 2. The highest BCUT2D eigenvalue weighted by Gasteiger charge is 2.14. The number of nitrogens with zero attached hydrogens (tertiary/aromatic N) is 1. The zero-order chi connectivity index (χ0) is 12.4. The minimum atomic E-state index is -0.877. The van der Waals surface area contributed by atoms with Crippen LogP contribution in [-0.2, 0) is 4.79 Å². The maximum atomic E-state index is 10.8. The van der Waals surface area contributed by atoms with Gasteiger partial charge in [-0.1, -0.05) is 23.7 Å². The lowest BCUT2D eigenvalue weighted by atomic mass is 10.0. The molecule has 88 valence electrons. The monoisotopic (exact) mass is 250 g/mol. The van der Waals surface area contributed by atoms with Crippen LogP contribution in [0.5, 0.6) is 0 Å². The molecule has 3 N–H and O–H groups in total. The van der Waals surface area contributed by atoms with Crippen molar-refractivity contribution in [3.8, 4) is 0 Å². The number of fused-ring (bicyclic) bond motifs is 1. The molecular weight excluding hydrogens is 240 g/mol. The van der Waals surface area contributed by atoms with Crippen LogP contribution >= 0.6 is 11.6 Å². The van der Waals surface area contributed by atoms with Gasteiger partial charge in [-0.2, -0.15) is 0 Å². The Kier molecular flexibility index (Phi) is 3.15. The van der Waals surface area contributed by atoms with Crippen molar-refractivity contribution in [2.75, 3.05) is 0 Å². The predicted molar refractivity (Wildman–Crippen MR) is 67.6 cm³/mol. The first kappa shape index (κ1) is 11.7. The molecule has 0 radical (unpaired) electrons. The summed E-state index contributed by atoms with van der Waals surface area (Å²) >= 11 is 5.89. The molecular formula is C12H11ClN2O2. The molecule has 4 nitrogen and oxygen atoms in total. The van der Waals surface area contributed by atoms with Gasteiger partial charge < -0.3 is 10.8 Å². The van der Waals surface area contributed by atoms with Crippen LogP contribution in [0, 0.1) is 0 Å². The van der Waals surface area contributed by atoms with Gasteiger partial charge in [0.2, 0.25) is 0 Å². The summed E-state index contributed by atoms with van der Waals surface area (Å²) in [6, 6.07) is 5.17. The topological polar surface area (TPSA) is 75.7 Å². The van der Waals surface area contributed by atoms with Gasteiger partial charge in [0.05, 0.1) is 12.1 Å². The van der Waals surface area contributed by atoms with Gasteiger partial charge in [-0.3, -0.25) is 4.79 Å². The van der Waals surface area contributed by atoms with Crippen LogP contribution in [0.3, 0.4) is 0 Å². The molecule has 5 heteroatoms. The first-order chi connectivity index (χ1) is 8.06. The molecule has 0 saturated heterocycles. The van der Waals surface area contributed by atoms with Crippen LogP contribution in [0.15, 0.2) is 29.3 Å². The second-order valence-corrected chi connectivity index (χ2v) is 4.21. The van der Waals surface area contributed by atoms with Gasteiger partial charge in [0.1, 0.15) is 5.84 Å². The average Bonchev–Trinajstić information content (AvgIpc) is 2.37. The molecule has 0 saturated carbocycles. The minimum Gasteiger partial charge on any atom is -0.481 e. The van der Waals surface area contributed by atoms with Gasteiger partial charge >= 0.3 is 5.97 Å². The molecule has 1 aliphatic rings. The van der Waals surface area contributed by atoms with Crippen LogP contribution in [0.25, 0.3) is 5.57 Å². The van der Waals surface area contributed by atoms with Crippen LogP contribution in [-0.4, -0.2) is 16.9 Å². The Morgan fingerprint density at radius 1 is 1.53 bits per heavy atom. The summed E-state index contributed by atoms with van der Waals surface area (Å²) in [6.07, 6.45) is 2.21. The van der Waals surface area contributed by atoms with Gasteiger partial charge in [0.25, 0.3) is 0 Å². The second kappa shape index (κ2) is 4.59. The van der Waals surface area contributed by atoms with E-state index in [9.17, 15) is 4.79 Å². The third-order valence-corrected chi connectivity index (χ3v) is 2.70. The van der Waals surface area contributed by atoms with Crippen molar-refractivity contribution < 1.29 is 9.90 Å². The molecule has 1 aromatic carbocycles. The fourth-order valence-electron chi connectivity index (χ4n) is 1.74. The van der Waals surface area contributed by atoms with E-state index >= 15 is 0 Å². The average molecular weight is 251 g/mol. The number of rotatable bonds is 2. The highest BCUT2D eigenvalue weighted by atomic mass is 35.5. The zero-order valence-corrected chi connectivity index (χ0v) is 9.74. The third-order valence-electron chi connectivity index (χ3n) is 2.47. The maximum Gasteiger partial charge on any atom is 0.307 e. The van der Waals surface area contributed by atoms with Crippen molar-refractivity contribution in [2.24, 2.45) is 10.7 Å². The summed E-state index contributed by atoms with van der Waals surface area (Å²) in [6.45, 7) is 0. The molecule has 0 spiro atoms. The molecule has 17 heavy (non-hydrogen) atoms. The Bertz CT molecular complexity index is 535. The number of aliphatic imine (C=N–C) groups is 1. The fraction of sp³-hybridized carbons (Fsp3) is 0.167. The van der Waals surface area contributed by atoms with E-state index in [1.54, 1.807) is 24.3 Å². The fourth-order valence-corrected chi connectivity index (χ4v) is 1.90. The first-order valence-corrected chi connectivity index (χ1v) is 5.48. The standard InChI is InChI=1S/C12H11ClN2O2/c13-8-2-3-9-7(5-12(16)17)1-4-11(14)15-10(9)6-8/h1-3,6H,4-5H2,(H2,14,15)(H,16,17). The number of hydrogen-bond acceptors (Lipinski definition) is 3. The van der Waals surface area contributed by atoms with Gasteiger partial charge in [-0.15, -0.1) is 0 Å². The normalized spacial score (nSPS) is 14.4. The molecule has 0 fully saturated rings. The number of aliphatic carboxylic acids is 1. The Labute approximate surface area is 103 Å². The van der Waals surface area contributed by atoms with E-state index in [2.05, 4.69) is 4.99 Å². The van der Waals surface area contributed by atoms with Gasteiger partial charge in [0, 0.05) is 17.0 Å². The number of carboxylic acids is 1. The predicted octanol–water partition coefficient (Wildman–Crippen LogP) is 2.59. The summed E-state index contributed by atoms with van der Waals surface area (Å²) in [5.74, 6) is -0.425. The van der Waals surface area contributed by atoms with E-state index in [1.165, 1.54) is 0 Å². The molecule has 1 heterocycles. The maximum absolute atomic E-state index is 10.8. The zero-order valence-electron chi connectivity index (χ0n) is 8.98. The Hall–Kier alpha value is -1.81. The van der Waals surface area contributed by atoms with Crippen LogP contribution in [0.1, 0.15) is 18.4 Å². The minimum absolute atomic E-state index is 0.0442. The lowest BCUT2D eigenvalue weighted by Crippen LogP contribution is -2.08. The summed E-state index contributed by atoms with van der Waals surface area (Å²) in [7, 11) is 0. The number of halogens is 1. The largest absolute Gasteiger partial charge is 0.481 e. The summed E-state index contributed by atoms with van der Waals surface area (Å²) in [4.78, 5) is 15.0. The Morgan fingerprint density at radius 2 is 2.29 bits per heavy atom. The van der Waals surface area contributed by atoms with Crippen molar-refractivity contribution in [1.82, 2.24) is 0 Å². The van der Waals surface area contributed by atoms with Gasteiger partial charge in [-0.05, 0) is 17.7 Å². The van der Waals surface area contributed by atoms with Crippen molar-refractivity contribution >= 4 is 34.7 Å². The molecule has 0 aromatic heterocycles. The Balaban J connectivity index is 2.51. The highest BCUT2D eigenvalue weighted by molar-refractivity contribution is 6.31. The van der Waals surface area contributed by atoms with E-state index < -0.39 is 5.97 Å². The van der Waals surface area contributed by atoms with E-state index in [0.29, 0.717) is 28.5 Å². The van der Waals surface area contributed by atoms with Crippen molar-refractivity contribution in [1.29, 1.82) is 0 Å². The van der Waals surface area contributed by atoms with Crippen molar-refractivity contribution in [3.63, 3.8) is 0 Å². The van der Waals surface area contributed by atoms with Crippen LogP contribution in [0.2, 0.25) is 5.02 Å². The van der Waals surface area contributed by atoms with Crippen LogP contribution < -0.4 is 5.73 Å². The first-order valence-electron chi connectivity index (χ1n) is 5.10. The molecule has 0 amide bonds. The number of carbonyl (C=O) groups is 1. The summed E-state index contributed by atoms with van der Waals surface area (Å²) < 4.78 is 0. The number of carboxylic acid groups (broad SMARTS) is 1. The van der Waals surface area contributed by atoms with Gasteiger partial charge in [0.15, 0.2) is 0 Å². The third kappa shape index (κ3) is 2.65. The Morgan fingerprint density at radius 3 is 3.00 bits per heavy atom. The van der Waals surface area contributed by atoms with E-state index in [-0.39, 0.29) is 6.42 Å². The van der Waals surface area contributed by atoms with Crippen molar-refractivity contribution in [2.45, 2.75) is 12.8 Å². The molecule has 2 rings (SSSR count). The molecule has 0 aliphatic carbocycles. The molecule has 0 atom stereocenters. The van der Waals surface area contributed by atoms with E-state index in [0.717, 1.165) is 5.56 Å². The highest BCUT2D eigenvalue weighted by Crippen LogP contribution is 2.33. The lowest BCUT2D eigenvalue weighted by molar-refractivity contribution is -0.135.